The monoisotopic (exact) mass is 379 g/mol. The van der Waals surface area contributed by atoms with Crippen molar-refractivity contribution < 1.29 is 4.79 Å². The average Bonchev–Trinajstić information content (AvgIpc) is 3.13. The van der Waals surface area contributed by atoms with E-state index >= 15 is 0 Å². The molecule has 7 heteroatoms. The van der Waals surface area contributed by atoms with Crippen molar-refractivity contribution in [3.8, 4) is 5.69 Å². The SMILES string of the molecule is Cc1ccccc1-n1ncc2c(C)nn(CC(=O)NC3CCCCC3)c(=O)c21. The van der Waals surface area contributed by atoms with Crippen LogP contribution in [0.4, 0.5) is 0 Å². The van der Waals surface area contributed by atoms with E-state index in [0.29, 0.717) is 16.6 Å². The molecular weight excluding hydrogens is 354 g/mol. The van der Waals surface area contributed by atoms with Crippen molar-refractivity contribution in [2.75, 3.05) is 0 Å². The number of para-hydroxylation sites is 1. The summed E-state index contributed by atoms with van der Waals surface area (Å²) in [5.41, 5.74) is 2.69. The Kier molecular flexibility index (Phi) is 4.98. The van der Waals surface area contributed by atoms with Gasteiger partial charge in [-0.05, 0) is 38.3 Å². The number of hydrogen-bond donors (Lipinski definition) is 1. The van der Waals surface area contributed by atoms with Gasteiger partial charge in [0.25, 0.3) is 5.56 Å². The summed E-state index contributed by atoms with van der Waals surface area (Å²) in [6.45, 7) is 3.74. The van der Waals surface area contributed by atoms with Crippen LogP contribution in [-0.2, 0) is 11.3 Å². The minimum absolute atomic E-state index is 0.0783. The third-order valence-electron chi connectivity index (χ3n) is 5.47. The number of rotatable bonds is 4. The van der Waals surface area contributed by atoms with E-state index in [0.717, 1.165) is 36.9 Å². The minimum atomic E-state index is -0.305. The lowest BCUT2D eigenvalue weighted by atomic mass is 9.95. The topological polar surface area (TPSA) is 81.8 Å². The Morgan fingerprint density at radius 1 is 1.18 bits per heavy atom. The second kappa shape index (κ2) is 7.58. The lowest BCUT2D eigenvalue weighted by Crippen LogP contribution is -2.40. The Morgan fingerprint density at radius 2 is 1.93 bits per heavy atom. The molecule has 0 unspecified atom stereocenters. The van der Waals surface area contributed by atoms with E-state index in [4.69, 9.17) is 0 Å². The van der Waals surface area contributed by atoms with Gasteiger partial charge in [0, 0.05) is 11.4 Å². The van der Waals surface area contributed by atoms with Crippen LogP contribution in [0.5, 0.6) is 0 Å². The summed E-state index contributed by atoms with van der Waals surface area (Å²) in [6, 6.07) is 7.98. The molecule has 1 saturated carbocycles. The predicted molar refractivity (Wildman–Crippen MR) is 108 cm³/mol. The molecule has 0 atom stereocenters. The highest BCUT2D eigenvalue weighted by atomic mass is 16.2. The first-order valence-electron chi connectivity index (χ1n) is 9.85. The van der Waals surface area contributed by atoms with Crippen LogP contribution in [0.2, 0.25) is 0 Å². The third kappa shape index (κ3) is 3.44. The highest BCUT2D eigenvalue weighted by Crippen LogP contribution is 2.20. The lowest BCUT2D eigenvalue weighted by molar-refractivity contribution is -0.122. The van der Waals surface area contributed by atoms with Crippen LogP contribution < -0.4 is 10.9 Å². The fourth-order valence-electron chi connectivity index (χ4n) is 3.97. The number of nitrogens with zero attached hydrogens (tertiary/aromatic N) is 4. The van der Waals surface area contributed by atoms with Gasteiger partial charge in [0.2, 0.25) is 5.91 Å². The molecule has 0 spiro atoms. The second-order valence-corrected chi connectivity index (χ2v) is 7.56. The van der Waals surface area contributed by atoms with Crippen molar-refractivity contribution in [3.05, 3.63) is 52.1 Å². The van der Waals surface area contributed by atoms with Crippen molar-refractivity contribution in [2.45, 2.75) is 58.5 Å². The molecular formula is C21H25N5O2. The smallest absolute Gasteiger partial charge is 0.293 e. The van der Waals surface area contributed by atoms with Crippen molar-refractivity contribution in [1.82, 2.24) is 24.9 Å². The number of benzene rings is 1. The molecule has 1 aliphatic carbocycles. The average molecular weight is 379 g/mol. The molecule has 1 N–H and O–H groups in total. The number of aryl methyl sites for hydroxylation is 2. The maximum Gasteiger partial charge on any atom is 0.293 e. The molecule has 7 nitrogen and oxygen atoms in total. The summed E-state index contributed by atoms with van der Waals surface area (Å²) in [4.78, 5) is 25.6. The van der Waals surface area contributed by atoms with Crippen molar-refractivity contribution in [2.24, 2.45) is 0 Å². The van der Waals surface area contributed by atoms with Crippen molar-refractivity contribution in [3.63, 3.8) is 0 Å². The molecule has 0 aliphatic heterocycles. The Morgan fingerprint density at radius 3 is 2.68 bits per heavy atom. The molecule has 146 valence electrons. The summed E-state index contributed by atoms with van der Waals surface area (Å²) >= 11 is 0. The summed E-state index contributed by atoms with van der Waals surface area (Å²) in [5, 5.41) is 12.5. The van der Waals surface area contributed by atoms with E-state index in [9.17, 15) is 9.59 Å². The van der Waals surface area contributed by atoms with Crippen LogP contribution in [0.15, 0.2) is 35.3 Å². The molecule has 4 rings (SSSR count). The van der Waals surface area contributed by atoms with Gasteiger partial charge >= 0.3 is 0 Å². The van der Waals surface area contributed by atoms with Crippen molar-refractivity contribution >= 4 is 16.8 Å². The minimum Gasteiger partial charge on any atom is -0.352 e. The van der Waals surface area contributed by atoms with Crippen LogP contribution in [-0.4, -0.2) is 31.5 Å². The molecule has 2 aromatic heterocycles. The van der Waals surface area contributed by atoms with Gasteiger partial charge in [-0.1, -0.05) is 37.5 Å². The predicted octanol–water partition coefficient (Wildman–Crippen LogP) is 2.65. The maximum absolute atomic E-state index is 13.1. The number of nitrogens with one attached hydrogen (secondary N) is 1. The summed E-state index contributed by atoms with van der Waals surface area (Å²) in [6.07, 6.45) is 7.19. The summed E-state index contributed by atoms with van der Waals surface area (Å²) < 4.78 is 2.91. The molecule has 1 aromatic carbocycles. The number of hydrogen-bond acceptors (Lipinski definition) is 4. The van der Waals surface area contributed by atoms with Crippen molar-refractivity contribution in [1.29, 1.82) is 0 Å². The lowest BCUT2D eigenvalue weighted by Gasteiger charge is -2.22. The molecule has 3 aromatic rings. The van der Waals surface area contributed by atoms with E-state index in [2.05, 4.69) is 15.5 Å². The third-order valence-corrected chi connectivity index (χ3v) is 5.47. The summed E-state index contributed by atoms with van der Waals surface area (Å²) in [5.74, 6) is -0.165. The standard InChI is InChI=1S/C21H25N5O2/c1-14-8-6-7-11-18(14)26-20-17(12-22-26)15(2)24-25(21(20)28)13-19(27)23-16-9-4-3-5-10-16/h6-8,11-12,16H,3-5,9-10,13H2,1-2H3,(H,23,27). The molecule has 28 heavy (non-hydrogen) atoms. The molecule has 1 fully saturated rings. The molecule has 1 amide bonds. The quantitative estimate of drug-likeness (QED) is 0.756. The fraction of sp³-hybridized carbons (Fsp3) is 0.429. The highest BCUT2D eigenvalue weighted by molar-refractivity contribution is 5.82. The normalized spacial score (nSPS) is 15.1. The van der Waals surface area contributed by atoms with E-state index in [-0.39, 0.29) is 24.1 Å². The van der Waals surface area contributed by atoms with Gasteiger partial charge in [0.1, 0.15) is 12.1 Å². The Bertz CT molecular complexity index is 1080. The fourth-order valence-corrected chi connectivity index (χ4v) is 3.97. The van der Waals surface area contributed by atoms with E-state index in [1.807, 2.05) is 38.1 Å². The molecule has 0 bridgehead atoms. The first kappa shape index (κ1) is 18.4. The van der Waals surface area contributed by atoms with Crippen LogP contribution in [0.3, 0.4) is 0 Å². The first-order valence-corrected chi connectivity index (χ1v) is 9.85. The number of amides is 1. The van der Waals surface area contributed by atoms with E-state index in [1.165, 1.54) is 11.1 Å². The number of fused-ring (bicyclic) bond motifs is 1. The molecule has 1 aliphatic rings. The maximum atomic E-state index is 13.1. The van der Waals surface area contributed by atoms with E-state index < -0.39 is 0 Å². The number of carbonyl (C=O) groups excluding carboxylic acids is 1. The van der Waals surface area contributed by atoms with Gasteiger partial charge in [-0.2, -0.15) is 10.2 Å². The van der Waals surface area contributed by atoms with Crippen LogP contribution >= 0.6 is 0 Å². The van der Waals surface area contributed by atoms with Crippen LogP contribution in [0.25, 0.3) is 16.6 Å². The van der Waals surface area contributed by atoms with Gasteiger partial charge in [-0.15, -0.1) is 0 Å². The van der Waals surface area contributed by atoms with Crippen LogP contribution in [0.1, 0.15) is 43.4 Å². The molecule has 2 heterocycles. The Balaban J connectivity index is 1.69. The second-order valence-electron chi connectivity index (χ2n) is 7.56. The van der Waals surface area contributed by atoms with E-state index in [1.54, 1.807) is 10.9 Å². The first-order chi connectivity index (χ1) is 13.5. The number of aromatic nitrogens is 4. The van der Waals surface area contributed by atoms with Gasteiger partial charge in [0.15, 0.2) is 0 Å². The van der Waals surface area contributed by atoms with Gasteiger partial charge in [-0.3, -0.25) is 9.59 Å². The summed E-state index contributed by atoms with van der Waals surface area (Å²) in [7, 11) is 0. The largest absolute Gasteiger partial charge is 0.352 e. The number of carbonyl (C=O) groups is 1. The van der Waals surface area contributed by atoms with Gasteiger partial charge < -0.3 is 5.32 Å². The zero-order chi connectivity index (χ0) is 19.7. The zero-order valence-corrected chi connectivity index (χ0v) is 16.3. The Labute approximate surface area is 163 Å². The Hall–Kier alpha value is -2.96. The van der Waals surface area contributed by atoms with Gasteiger partial charge in [-0.25, -0.2) is 9.36 Å². The molecule has 0 radical (unpaired) electrons. The highest BCUT2D eigenvalue weighted by Gasteiger charge is 2.19. The molecule has 0 saturated heterocycles. The van der Waals surface area contributed by atoms with Crippen LogP contribution in [0, 0.1) is 13.8 Å². The van der Waals surface area contributed by atoms with Gasteiger partial charge in [0.05, 0.1) is 17.6 Å². The zero-order valence-electron chi connectivity index (χ0n) is 16.3.